The molecular formula is C24H15Cl2NO3. The van der Waals surface area contributed by atoms with Crippen molar-refractivity contribution in [1.82, 2.24) is 0 Å². The average Bonchev–Trinajstić information content (AvgIpc) is 3.02. The lowest BCUT2D eigenvalue weighted by molar-refractivity contribution is 0.0971. The molecule has 0 bridgehead atoms. The van der Waals surface area contributed by atoms with Crippen molar-refractivity contribution in [3.05, 3.63) is 109 Å². The number of amides is 1. The first kappa shape index (κ1) is 18.9. The largest absolute Gasteiger partial charge is 0.450 e. The molecule has 1 atom stereocenters. The number of benzene rings is 3. The molecule has 3 aromatic carbocycles. The predicted octanol–water partition coefficient (Wildman–Crippen LogP) is 6.16. The Morgan fingerprint density at radius 1 is 0.900 bits per heavy atom. The Labute approximate surface area is 182 Å². The van der Waals surface area contributed by atoms with E-state index >= 15 is 0 Å². The molecule has 0 saturated heterocycles. The highest BCUT2D eigenvalue weighted by molar-refractivity contribution is 6.31. The molecule has 1 aliphatic heterocycles. The maximum absolute atomic E-state index is 13.5. The fourth-order valence-electron chi connectivity index (χ4n) is 3.91. The van der Waals surface area contributed by atoms with Gasteiger partial charge in [0.25, 0.3) is 5.91 Å². The summed E-state index contributed by atoms with van der Waals surface area (Å²) >= 11 is 12.3. The molecule has 6 heteroatoms. The van der Waals surface area contributed by atoms with Gasteiger partial charge in [0.15, 0.2) is 5.43 Å². The second kappa shape index (κ2) is 7.01. The molecule has 0 radical (unpaired) electrons. The topological polar surface area (TPSA) is 50.5 Å². The van der Waals surface area contributed by atoms with Crippen molar-refractivity contribution in [2.45, 2.75) is 13.0 Å². The van der Waals surface area contributed by atoms with Crippen LogP contribution >= 0.6 is 23.2 Å². The molecule has 4 aromatic rings. The summed E-state index contributed by atoms with van der Waals surface area (Å²) in [5.74, 6) is -0.326. The van der Waals surface area contributed by atoms with Gasteiger partial charge in [0, 0.05) is 15.7 Å². The summed E-state index contributed by atoms with van der Waals surface area (Å²) in [5, 5.41) is 1.28. The first-order chi connectivity index (χ1) is 14.4. The molecule has 1 aliphatic rings. The second-order valence-corrected chi connectivity index (χ2v) is 8.16. The molecule has 1 unspecified atom stereocenters. The van der Waals surface area contributed by atoms with Crippen LogP contribution in [-0.2, 0) is 0 Å². The average molecular weight is 436 g/mol. The van der Waals surface area contributed by atoms with Gasteiger partial charge in [-0.25, -0.2) is 0 Å². The van der Waals surface area contributed by atoms with Crippen molar-refractivity contribution < 1.29 is 9.21 Å². The highest BCUT2D eigenvalue weighted by Crippen LogP contribution is 2.41. The van der Waals surface area contributed by atoms with Crippen LogP contribution in [0.1, 0.15) is 33.3 Å². The third-order valence-corrected chi connectivity index (χ3v) is 5.78. The van der Waals surface area contributed by atoms with E-state index in [2.05, 4.69) is 0 Å². The lowest BCUT2D eigenvalue weighted by atomic mass is 9.98. The normalized spacial score (nSPS) is 15.6. The van der Waals surface area contributed by atoms with E-state index in [1.54, 1.807) is 41.3 Å². The number of carbonyl (C=O) groups is 1. The van der Waals surface area contributed by atoms with Crippen LogP contribution in [0.15, 0.2) is 75.9 Å². The number of aryl methyl sites for hydroxylation is 1. The Balaban J connectivity index is 1.83. The van der Waals surface area contributed by atoms with Gasteiger partial charge in [0.2, 0.25) is 5.76 Å². The van der Waals surface area contributed by atoms with Crippen LogP contribution in [0.3, 0.4) is 0 Å². The Morgan fingerprint density at radius 3 is 2.37 bits per heavy atom. The van der Waals surface area contributed by atoms with E-state index in [0.29, 0.717) is 26.7 Å². The van der Waals surface area contributed by atoms with Gasteiger partial charge in [-0.15, -0.1) is 0 Å². The lowest BCUT2D eigenvalue weighted by Crippen LogP contribution is -2.29. The maximum Gasteiger partial charge on any atom is 0.295 e. The number of hydrogen-bond donors (Lipinski definition) is 0. The van der Waals surface area contributed by atoms with E-state index in [1.807, 2.05) is 37.3 Å². The Hall–Kier alpha value is -3.08. The molecule has 1 amide bonds. The van der Waals surface area contributed by atoms with E-state index in [4.69, 9.17) is 27.6 Å². The van der Waals surface area contributed by atoms with Crippen LogP contribution in [0.2, 0.25) is 10.0 Å². The number of halogens is 2. The zero-order chi connectivity index (χ0) is 21.0. The molecular weight excluding hydrogens is 421 g/mol. The molecule has 0 N–H and O–H groups in total. The smallest absolute Gasteiger partial charge is 0.295 e. The van der Waals surface area contributed by atoms with E-state index < -0.39 is 6.04 Å². The maximum atomic E-state index is 13.5. The van der Waals surface area contributed by atoms with Gasteiger partial charge in [0.05, 0.1) is 17.0 Å². The summed E-state index contributed by atoms with van der Waals surface area (Å²) < 4.78 is 5.93. The minimum atomic E-state index is -0.659. The molecule has 4 nitrogen and oxygen atoms in total. The van der Waals surface area contributed by atoms with E-state index in [-0.39, 0.29) is 22.7 Å². The van der Waals surface area contributed by atoms with E-state index in [0.717, 1.165) is 11.1 Å². The van der Waals surface area contributed by atoms with E-state index in [1.165, 1.54) is 0 Å². The lowest BCUT2D eigenvalue weighted by Gasteiger charge is -2.25. The fourth-order valence-corrected chi connectivity index (χ4v) is 4.28. The summed E-state index contributed by atoms with van der Waals surface area (Å²) in [4.78, 5) is 28.5. The molecule has 2 heterocycles. The number of hydrogen-bond acceptors (Lipinski definition) is 3. The summed E-state index contributed by atoms with van der Waals surface area (Å²) in [6.45, 7) is 1.97. The van der Waals surface area contributed by atoms with Crippen LogP contribution in [0, 0.1) is 6.92 Å². The monoisotopic (exact) mass is 435 g/mol. The van der Waals surface area contributed by atoms with Crippen LogP contribution < -0.4 is 10.3 Å². The van der Waals surface area contributed by atoms with Crippen molar-refractivity contribution in [2.75, 3.05) is 4.90 Å². The Bertz CT molecular complexity index is 1380. The summed E-state index contributed by atoms with van der Waals surface area (Å²) in [6.07, 6.45) is 0. The van der Waals surface area contributed by atoms with Crippen LogP contribution in [-0.4, -0.2) is 5.91 Å². The Kier molecular flexibility index (Phi) is 4.42. The van der Waals surface area contributed by atoms with Gasteiger partial charge >= 0.3 is 0 Å². The summed E-state index contributed by atoms with van der Waals surface area (Å²) in [7, 11) is 0. The zero-order valence-corrected chi connectivity index (χ0v) is 17.4. The van der Waals surface area contributed by atoms with Gasteiger partial charge in [0.1, 0.15) is 5.58 Å². The van der Waals surface area contributed by atoms with Crippen molar-refractivity contribution in [1.29, 1.82) is 0 Å². The van der Waals surface area contributed by atoms with Gasteiger partial charge in [-0.05, 0) is 55.0 Å². The third-order valence-electron chi connectivity index (χ3n) is 5.31. The molecule has 5 rings (SSSR count). The molecule has 0 aliphatic carbocycles. The quantitative estimate of drug-likeness (QED) is 0.378. The number of fused-ring (bicyclic) bond motifs is 2. The minimum Gasteiger partial charge on any atom is -0.450 e. The van der Waals surface area contributed by atoms with Crippen LogP contribution in [0.25, 0.3) is 11.0 Å². The highest BCUT2D eigenvalue weighted by Gasteiger charge is 2.43. The molecule has 148 valence electrons. The Morgan fingerprint density at radius 2 is 1.63 bits per heavy atom. The molecule has 0 saturated carbocycles. The molecule has 30 heavy (non-hydrogen) atoms. The first-order valence-electron chi connectivity index (χ1n) is 9.36. The molecule has 1 aromatic heterocycles. The SMILES string of the molecule is Cc1ccc(N2C(=O)c3oc4ccc(Cl)cc4c(=O)c3C2c2cccc(Cl)c2)cc1. The van der Waals surface area contributed by atoms with Gasteiger partial charge in [-0.3, -0.25) is 14.5 Å². The van der Waals surface area contributed by atoms with Crippen molar-refractivity contribution in [3.63, 3.8) is 0 Å². The summed E-state index contributed by atoms with van der Waals surface area (Å²) in [5.41, 5.74) is 2.80. The molecule has 0 spiro atoms. The van der Waals surface area contributed by atoms with Crippen molar-refractivity contribution >= 4 is 45.8 Å². The van der Waals surface area contributed by atoms with Crippen molar-refractivity contribution in [2.24, 2.45) is 0 Å². The summed E-state index contributed by atoms with van der Waals surface area (Å²) in [6, 6.07) is 18.9. The number of nitrogens with zero attached hydrogens (tertiary/aromatic N) is 1. The standard InChI is InChI=1S/C24H15Cl2NO3/c1-13-5-8-17(9-6-13)27-21(14-3-2-4-15(25)11-14)20-22(28)18-12-16(26)7-10-19(18)30-23(20)24(27)29/h2-12,21H,1H3. The highest BCUT2D eigenvalue weighted by atomic mass is 35.5. The third kappa shape index (κ3) is 2.92. The number of anilines is 1. The zero-order valence-electron chi connectivity index (χ0n) is 15.9. The van der Waals surface area contributed by atoms with Crippen LogP contribution in [0.4, 0.5) is 5.69 Å². The van der Waals surface area contributed by atoms with Crippen LogP contribution in [0.5, 0.6) is 0 Å². The fraction of sp³-hybridized carbons (Fsp3) is 0.0833. The predicted molar refractivity (Wildman–Crippen MR) is 119 cm³/mol. The number of rotatable bonds is 2. The van der Waals surface area contributed by atoms with Gasteiger partial charge in [-0.2, -0.15) is 0 Å². The number of carbonyl (C=O) groups excluding carboxylic acids is 1. The van der Waals surface area contributed by atoms with Crippen molar-refractivity contribution in [3.8, 4) is 0 Å². The first-order valence-corrected chi connectivity index (χ1v) is 10.1. The van der Waals surface area contributed by atoms with Gasteiger partial charge < -0.3 is 4.42 Å². The van der Waals surface area contributed by atoms with E-state index in [9.17, 15) is 9.59 Å². The molecule has 0 fully saturated rings. The van der Waals surface area contributed by atoms with Gasteiger partial charge in [-0.1, -0.05) is 53.0 Å². The second-order valence-electron chi connectivity index (χ2n) is 7.28. The minimum absolute atomic E-state index is 0.0420.